The number of hydrogen-bond acceptors (Lipinski definition) is 2. The Balaban J connectivity index is 2.38. The van der Waals surface area contributed by atoms with Crippen LogP contribution in [0.25, 0.3) is 22.3 Å². The Morgan fingerprint density at radius 2 is 1.56 bits per heavy atom. The monoisotopic (exact) mass is 253 g/mol. The first kappa shape index (κ1) is 11.0. The van der Waals surface area contributed by atoms with Crippen molar-refractivity contribution in [2.24, 2.45) is 0 Å². The zero-order valence-corrected chi connectivity index (χ0v) is 10.2. The summed E-state index contributed by atoms with van der Waals surface area (Å²) in [6.45, 7) is 0. The van der Waals surface area contributed by atoms with Crippen LogP contribution in [0, 0.1) is 0 Å². The summed E-state index contributed by atoms with van der Waals surface area (Å²) in [6, 6.07) is 16.6. The van der Waals surface area contributed by atoms with Crippen LogP contribution in [0.1, 0.15) is 0 Å². The first-order valence-corrected chi connectivity index (χ1v) is 5.96. The molecule has 1 aromatic heterocycles. The van der Waals surface area contributed by atoms with E-state index in [9.17, 15) is 4.79 Å². The van der Waals surface area contributed by atoms with E-state index in [1.54, 1.807) is 18.2 Å². The Bertz CT molecular complexity index is 760. The van der Waals surface area contributed by atoms with Crippen LogP contribution < -0.4 is 5.43 Å². The van der Waals surface area contributed by atoms with Crippen LogP contribution in [-0.4, -0.2) is 0 Å². The first-order chi connectivity index (χ1) is 8.77. The van der Waals surface area contributed by atoms with Crippen LogP contribution in [0.4, 0.5) is 0 Å². The average molecular weight is 253 g/mol. The smallest absolute Gasteiger partial charge is 0.211 e. The highest BCUT2D eigenvalue weighted by molar-refractivity contribution is 7.80. The van der Waals surface area contributed by atoms with Gasteiger partial charge in [0.05, 0.1) is 5.39 Å². The lowest BCUT2D eigenvalue weighted by molar-refractivity contribution is 0.605. The Kier molecular flexibility index (Phi) is 2.61. The standard InChI is InChI=1S/C15H9O2S/c16-13-11-8-4-5-9-12(11)17-14(15(13)18)10-6-2-1-3-7-10/h1-9H. The highest BCUT2D eigenvalue weighted by atomic mass is 32.1. The summed E-state index contributed by atoms with van der Waals surface area (Å²) in [6.07, 6.45) is 0. The average Bonchev–Trinajstić information content (AvgIpc) is 2.44. The lowest BCUT2D eigenvalue weighted by atomic mass is 10.1. The van der Waals surface area contributed by atoms with Gasteiger partial charge in [-0.15, -0.1) is 0 Å². The van der Waals surface area contributed by atoms with Crippen molar-refractivity contribution in [3.05, 3.63) is 64.8 Å². The second-order valence-electron chi connectivity index (χ2n) is 3.95. The van der Waals surface area contributed by atoms with Gasteiger partial charge < -0.3 is 4.42 Å². The molecule has 0 atom stereocenters. The summed E-state index contributed by atoms with van der Waals surface area (Å²) < 4.78 is 5.76. The third-order valence-electron chi connectivity index (χ3n) is 2.79. The van der Waals surface area contributed by atoms with Crippen LogP contribution in [0.15, 0.2) is 68.7 Å². The molecule has 2 aromatic carbocycles. The van der Waals surface area contributed by atoms with E-state index in [0.29, 0.717) is 16.7 Å². The number of para-hydroxylation sites is 1. The normalized spacial score (nSPS) is 10.7. The minimum atomic E-state index is -0.147. The molecule has 0 aliphatic rings. The molecular formula is C15H9O2S. The molecule has 0 bridgehead atoms. The van der Waals surface area contributed by atoms with Crippen LogP contribution in [-0.2, 0) is 0 Å². The van der Waals surface area contributed by atoms with Gasteiger partial charge in [-0.3, -0.25) is 4.79 Å². The van der Waals surface area contributed by atoms with E-state index in [1.165, 1.54) is 0 Å². The van der Waals surface area contributed by atoms with Crippen LogP contribution in [0.2, 0.25) is 0 Å². The fourth-order valence-electron chi connectivity index (χ4n) is 1.90. The number of benzene rings is 2. The summed E-state index contributed by atoms with van der Waals surface area (Å²) in [4.78, 5) is 12.4. The first-order valence-electron chi connectivity index (χ1n) is 5.55. The summed E-state index contributed by atoms with van der Waals surface area (Å²) in [7, 11) is 0. The molecule has 87 valence electrons. The van der Waals surface area contributed by atoms with Crippen molar-refractivity contribution in [1.29, 1.82) is 0 Å². The SMILES string of the molecule is O=c1c([S])c(-c2ccccc2)oc2ccccc12. The minimum absolute atomic E-state index is 0.147. The van der Waals surface area contributed by atoms with E-state index in [4.69, 9.17) is 17.0 Å². The molecule has 0 saturated heterocycles. The summed E-state index contributed by atoms with van der Waals surface area (Å²) in [5.74, 6) is 0.467. The van der Waals surface area contributed by atoms with Crippen LogP contribution in [0.3, 0.4) is 0 Å². The van der Waals surface area contributed by atoms with E-state index in [-0.39, 0.29) is 10.3 Å². The van der Waals surface area contributed by atoms with Crippen LogP contribution in [0.5, 0.6) is 0 Å². The van der Waals surface area contributed by atoms with Crippen molar-refractivity contribution in [1.82, 2.24) is 0 Å². The number of fused-ring (bicyclic) bond motifs is 1. The van der Waals surface area contributed by atoms with E-state index in [2.05, 4.69) is 0 Å². The molecule has 0 aliphatic carbocycles. The second-order valence-corrected chi connectivity index (χ2v) is 4.36. The Hall–Kier alpha value is -2.13. The van der Waals surface area contributed by atoms with Gasteiger partial charge in [0.2, 0.25) is 5.43 Å². The van der Waals surface area contributed by atoms with Gasteiger partial charge in [0.15, 0.2) is 5.76 Å². The predicted octanol–water partition coefficient (Wildman–Crippen LogP) is 4.02. The Morgan fingerprint density at radius 3 is 2.33 bits per heavy atom. The van der Waals surface area contributed by atoms with E-state index in [0.717, 1.165) is 5.56 Å². The molecule has 3 aromatic rings. The van der Waals surface area contributed by atoms with Crippen molar-refractivity contribution in [3.8, 4) is 11.3 Å². The molecule has 0 amide bonds. The molecule has 0 aliphatic heterocycles. The summed E-state index contributed by atoms with van der Waals surface area (Å²) >= 11 is 5.20. The fraction of sp³-hybridized carbons (Fsp3) is 0. The maximum atomic E-state index is 12.2. The van der Waals surface area contributed by atoms with Crippen molar-refractivity contribution >= 4 is 23.6 Å². The molecule has 1 heterocycles. The van der Waals surface area contributed by atoms with Gasteiger partial charge in [0.25, 0.3) is 0 Å². The third kappa shape index (κ3) is 1.69. The Labute approximate surface area is 109 Å². The maximum absolute atomic E-state index is 12.2. The largest absolute Gasteiger partial charge is 0.454 e. The highest BCUT2D eigenvalue weighted by Crippen LogP contribution is 2.27. The van der Waals surface area contributed by atoms with E-state index < -0.39 is 0 Å². The van der Waals surface area contributed by atoms with Crippen molar-refractivity contribution in [2.45, 2.75) is 4.90 Å². The lowest BCUT2D eigenvalue weighted by Gasteiger charge is -2.05. The topological polar surface area (TPSA) is 30.2 Å². The third-order valence-corrected chi connectivity index (χ3v) is 3.16. The van der Waals surface area contributed by atoms with Crippen molar-refractivity contribution in [2.75, 3.05) is 0 Å². The number of hydrogen-bond donors (Lipinski definition) is 0. The van der Waals surface area contributed by atoms with Crippen molar-refractivity contribution in [3.63, 3.8) is 0 Å². The van der Waals surface area contributed by atoms with Gasteiger partial charge in [-0.2, -0.15) is 0 Å². The van der Waals surface area contributed by atoms with Gasteiger partial charge in [-0.25, -0.2) is 0 Å². The molecule has 1 radical (unpaired) electrons. The van der Waals surface area contributed by atoms with Gasteiger partial charge in [-0.05, 0) is 12.1 Å². The van der Waals surface area contributed by atoms with Gasteiger partial charge in [0.1, 0.15) is 10.5 Å². The Morgan fingerprint density at radius 1 is 0.889 bits per heavy atom. The summed E-state index contributed by atoms with van der Waals surface area (Å²) in [5.41, 5.74) is 1.24. The molecule has 0 fully saturated rings. The number of rotatable bonds is 1. The fourth-order valence-corrected chi connectivity index (χ4v) is 2.17. The molecule has 18 heavy (non-hydrogen) atoms. The van der Waals surface area contributed by atoms with Gasteiger partial charge in [-0.1, -0.05) is 55.1 Å². The molecule has 0 spiro atoms. The zero-order chi connectivity index (χ0) is 12.5. The quantitative estimate of drug-likeness (QED) is 0.655. The minimum Gasteiger partial charge on any atom is -0.454 e. The van der Waals surface area contributed by atoms with Crippen molar-refractivity contribution < 1.29 is 4.42 Å². The van der Waals surface area contributed by atoms with E-state index in [1.807, 2.05) is 36.4 Å². The molecule has 3 rings (SSSR count). The van der Waals surface area contributed by atoms with Gasteiger partial charge in [0, 0.05) is 5.56 Å². The maximum Gasteiger partial charge on any atom is 0.211 e. The molecule has 2 nitrogen and oxygen atoms in total. The molecule has 0 saturated carbocycles. The zero-order valence-electron chi connectivity index (χ0n) is 9.42. The molecule has 0 unspecified atom stereocenters. The molecular weight excluding hydrogens is 244 g/mol. The van der Waals surface area contributed by atoms with Crippen LogP contribution >= 0.6 is 12.6 Å². The molecule has 3 heteroatoms. The predicted molar refractivity (Wildman–Crippen MR) is 73.8 cm³/mol. The lowest BCUT2D eigenvalue weighted by Crippen LogP contribution is -2.04. The summed E-state index contributed by atoms with van der Waals surface area (Å²) in [5, 5.41) is 0.530. The molecule has 0 N–H and O–H groups in total. The van der Waals surface area contributed by atoms with Gasteiger partial charge >= 0.3 is 0 Å². The second kappa shape index (κ2) is 4.27. The van der Waals surface area contributed by atoms with E-state index >= 15 is 0 Å². The highest BCUT2D eigenvalue weighted by Gasteiger charge is 2.13.